The molecule has 0 amide bonds. The molecule has 0 spiro atoms. The summed E-state index contributed by atoms with van der Waals surface area (Å²) < 4.78 is 2.16. The summed E-state index contributed by atoms with van der Waals surface area (Å²) in [5.41, 5.74) is 11.0. The molecule has 0 aliphatic carbocycles. The van der Waals surface area contributed by atoms with E-state index < -0.39 is 0 Å². The molecule has 280 valence electrons. The lowest BCUT2D eigenvalue weighted by molar-refractivity contribution is 0.766. The summed E-state index contributed by atoms with van der Waals surface area (Å²) in [7, 11) is 0. The van der Waals surface area contributed by atoms with Gasteiger partial charge in [-0.25, -0.2) is 4.98 Å². The molecule has 0 N–H and O–H groups in total. The van der Waals surface area contributed by atoms with Crippen LogP contribution in [0.1, 0.15) is 0 Å². The maximum absolute atomic E-state index is 5.31. The average molecular weight is 768 g/mol. The second-order valence-electron chi connectivity index (χ2n) is 15.0. The number of aromatic nitrogens is 7. The second kappa shape index (κ2) is 13.7. The SMILES string of the molecule is c1ccc(-c2ccccc2-c2cccc(-c3nc(-c4ccc5ccc6ccc7nn(-c8ccccc8)nc7c6c5c4)nc(-n4c5ccccc5c5ccccc54)n3)c2)cc1. The van der Waals surface area contributed by atoms with E-state index in [1.165, 1.54) is 11.1 Å². The zero-order chi connectivity index (χ0) is 39.6. The lowest BCUT2D eigenvalue weighted by Crippen LogP contribution is -2.06. The van der Waals surface area contributed by atoms with Gasteiger partial charge >= 0.3 is 0 Å². The Hall–Kier alpha value is -8.29. The molecule has 7 heteroatoms. The predicted molar refractivity (Wildman–Crippen MR) is 243 cm³/mol. The van der Waals surface area contributed by atoms with Gasteiger partial charge in [-0.2, -0.15) is 14.8 Å². The molecule has 12 rings (SSSR count). The fourth-order valence-electron chi connectivity index (χ4n) is 8.62. The van der Waals surface area contributed by atoms with Crippen LogP contribution in [0.15, 0.2) is 200 Å². The number of hydrogen-bond donors (Lipinski definition) is 0. The third-order valence-electron chi connectivity index (χ3n) is 11.4. The summed E-state index contributed by atoms with van der Waals surface area (Å²) in [5, 5.41) is 16.5. The summed E-state index contributed by atoms with van der Waals surface area (Å²) in [4.78, 5) is 17.6. The normalized spacial score (nSPS) is 11.7. The van der Waals surface area contributed by atoms with Crippen LogP contribution in [0.2, 0.25) is 0 Å². The highest BCUT2D eigenvalue weighted by Crippen LogP contribution is 2.37. The Morgan fingerprint density at radius 3 is 1.68 bits per heavy atom. The first-order chi connectivity index (χ1) is 29.7. The molecular weight excluding hydrogens is 735 g/mol. The standard InChI is InChI=1S/C53H33N7/c1-3-14-34(15-4-1)41-20-7-8-21-42(41)37-16-13-17-38(32-37)51-54-52(56-53(55-51)59-47-24-11-9-22-43(47)44-23-10-12-25-48(44)59)39-29-27-35-26-28-36-30-31-46-50(49(36)45(35)33-39)58-60(57-46)40-18-5-2-6-19-40/h1-33H. The van der Waals surface area contributed by atoms with Crippen LogP contribution in [-0.2, 0) is 0 Å². The zero-order valence-corrected chi connectivity index (χ0v) is 32.2. The Labute approximate surface area is 344 Å². The summed E-state index contributed by atoms with van der Waals surface area (Å²) in [6.45, 7) is 0. The molecule has 0 aliphatic rings. The summed E-state index contributed by atoms with van der Waals surface area (Å²) in [5.74, 6) is 1.71. The summed E-state index contributed by atoms with van der Waals surface area (Å²) in [6.07, 6.45) is 0. The van der Waals surface area contributed by atoms with Crippen LogP contribution in [-0.4, -0.2) is 34.5 Å². The Morgan fingerprint density at radius 2 is 0.933 bits per heavy atom. The molecule has 9 aromatic carbocycles. The molecule has 0 saturated carbocycles. The average Bonchev–Trinajstić information content (AvgIpc) is 3.92. The van der Waals surface area contributed by atoms with Crippen molar-refractivity contribution in [3.63, 3.8) is 0 Å². The van der Waals surface area contributed by atoms with Crippen LogP contribution in [0.5, 0.6) is 0 Å². The van der Waals surface area contributed by atoms with E-state index in [-0.39, 0.29) is 0 Å². The van der Waals surface area contributed by atoms with Crippen molar-refractivity contribution in [2.24, 2.45) is 0 Å². The van der Waals surface area contributed by atoms with Gasteiger partial charge in [-0.05, 0) is 80.9 Å². The Kier molecular flexibility index (Phi) is 7.71. The predicted octanol–water partition coefficient (Wildman–Crippen LogP) is 12.7. The van der Waals surface area contributed by atoms with Crippen LogP contribution in [0.25, 0.3) is 111 Å². The first-order valence-electron chi connectivity index (χ1n) is 20.0. The molecule has 7 nitrogen and oxygen atoms in total. The maximum atomic E-state index is 5.31. The summed E-state index contributed by atoms with van der Waals surface area (Å²) in [6, 6.07) is 69.4. The van der Waals surface area contributed by atoms with E-state index in [1.54, 1.807) is 4.80 Å². The largest absolute Gasteiger partial charge is 0.278 e. The molecule has 0 atom stereocenters. The number of hydrogen-bond acceptors (Lipinski definition) is 5. The Morgan fingerprint density at radius 1 is 0.367 bits per heavy atom. The Bertz CT molecular complexity index is 3550. The van der Waals surface area contributed by atoms with Crippen molar-refractivity contribution >= 4 is 54.4 Å². The lowest BCUT2D eigenvalue weighted by atomic mass is 9.94. The van der Waals surface area contributed by atoms with Crippen LogP contribution in [0.4, 0.5) is 0 Å². The minimum absolute atomic E-state index is 0.550. The van der Waals surface area contributed by atoms with Gasteiger partial charge in [0.1, 0.15) is 11.0 Å². The molecule has 12 aromatic rings. The second-order valence-corrected chi connectivity index (χ2v) is 15.0. The first-order valence-corrected chi connectivity index (χ1v) is 20.0. The van der Waals surface area contributed by atoms with E-state index in [0.29, 0.717) is 17.6 Å². The van der Waals surface area contributed by atoms with Crippen LogP contribution in [0.3, 0.4) is 0 Å². The molecule has 0 unspecified atom stereocenters. The highest BCUT2D eigenvalue weighted by atomic mass is 15.5. The van der Waals surface area contributed by atoms with Crippen molar-refractivity contribution in [1.29, 1.82) is 0 Å². The Balaban J connectivity index is 1.09. The highest BCUT2D eigenvalue weighted by molar-refractivity contribution is 6.19. The van der Waals surface area contributed by atoms with Crippen molar-refractivity contribution in [2.45, 2.75) is 0 Å². The van der Waals surface area contributed by atoms with Gasteiger partial charge in [0.25, 0.3) is 0 Å². The van der Waals surface area contributed by atoms with E-state index in [0.717, 1.165) is 82.3 Å². The third kappa shape index (κ3) is 5.56. The van der Waals surface area contributed by atoms with Crippen LogP contribution < -0.4 is 0 Å². The van der Waals surface area contributed by atoms with Crippen molar-refractivity contribution in [3.05, 3.63) is 200 Å². The van der Waals surface area contributed by atoms with Gasteiger partial charge in [0.05, 0.1) is 16.7 Å². The molecule has 0 fully saturated rings. The highest BCUT2D eigenvalue weighted by Gasteiger charge is 2.19. The van der Waals surface area contributed by atoms with Gasteiger partial charge in [-0.1, -0.05) is 158 Å². The van der Waals surface area contributed by atoms with E-state index in [2.05, 4.69) is 168 Å². The van der Waals surface area contributed by atoms with E-state index in [1.807, 2.05) is 36.4 Å². The van der Waals surface area contributed by atoms with E-state index in [9.17, 15) is 0 Å². The minimum Gasteiger partial charge on any atom is -0.278 e. The van der Waals surface area contributed by atoms with Crippen molar-refractivity contribution in [3.8, 4) is 56.7 Å². The lowest BCUT2D eigenvalue weighted by Gasteiger charge is -2.13. The molecule has 3 heterocycles. The van der Waals surface area contributed by atoms with Gasteiger partial charge in [0, 0.05) is 27.3 Å². The summed E-state index contributed by atoms with van der Waals surface area (Å²) >= 11 is 0. The molecule has 0 radical (unpaired) electrons. The molecule has 0 saturated heterocycles. The molecular formula is C53H33N7. The fourth-order valence-corrected chi connectivity index (χ4v) is 8.62. The fraction of sp³-hybridized carbons (Fsp3) is 0. The number of benzene rings is 9. The molecule has 3 aromatic heterocycles. The van der Waals surface area contributed by atoms with Crippen molar-refractivity contribution in [1.82, 2.24) is 34.5 Å². The smallest absolute Gasteiger partial charge is 0.238 e. The molecule has 60 heavy (non-hydrogen) atoms. The number of fused-ring (bicyclic) bond motifs is 8. The van der Waals surface area contributed by atoms with Gasteiger partial charge in [-0.15, -0.1) is 10.2 Å². The number of nitrogens with zero attached hydrogens (tertiary/aromatic N) is 7. The van der Waals surface area contributed by atoms with Gasteiger partial charge in [0.15, 0.2) is 11.6 Å². The molecule has 0 aliphatic heterocycles. The monoisotopic (exact) mass is 767 g/mol. The van der Waals surface area contributed by atoms with Crippen LogP contribution in [0, 0.1) is 0 Å². The van der Waals surface area contributed by atoms with E-state index >= 15 is 0 Å². The zero-order valence-electron chi connectivity index (χ0n) is 32.2. The van der Waals surface area contributed by atoms with Crippen LogP contribution >= 0.6 is 0 Å². The van der Waals surface area contributed by atoms with E-state index in [4.69, 9.17) is 25.1 Å². The van der Waals surface area contributed by atoms with Gasteiger partial charge in [-0.3, -0.25) is 4.57 Å². The van der Waals surface area contributed by atoms with Crippen molar-refractivity contribution < 1.29 is 0 Å². The number of para-hydroxylation sites is 3. The minimum atomic E-state index is 0.550. The quantitative estimate of drug-likeness (QED) is 0.158. The van der Waals surface area contributed by atoms with Gasteiger partial charge in [0.2, 0.25) is 5.95 Å². The van der Waals surface area contributed by atoms with Gasteiger partial charge < -0.3 is 0 Å². The topological polar surface area (TPSA) is 74.3 Å². The first kappa shape index (κ1) is 33.8. The maximum Gasteiger partial charge on any atom is 0.238 e. The number of rotatable bonds is 6. The third-order valence-corrected chi connectivity index (χ3v) is 11.4. The molecule has 0 bridgehead atoms. The van der Waals surface area contributed by atoms with Crippen molar-refractivity contribution in [2.75, 3.05) is 0 Å².